The van der Waals surface area contributed by atoms with Gasteiger partial charge < -0.3 is 14.3 Å². The van der Waals surface area contributed by atoms with Gasteiger partial charge in [0.1, 0.15) is 11.9 Å². The summed E-state index contributed by atoms with van der Waals surface area (Å²) in [4.78, 5) is 19.2. The summed E-state index contributed by atoms with van der Waals surface area (Å²) in [6.07, 6.45) is 3.28. The largest absolute Gasteiger partial charge is 0.351 e. The van der Waals surface area contributed by atoms with Crippen LogP contribution in [-0.4, -0.2) is 34.1 Å². The van der Waals surface area contributed by atoms with Gasteiger partial charge in [0, 0.05) is 19.3 Å². The summed E-state index contributed by atoms with van der Waals surface area (Å²) in [5, 5.41) is 0. The number of nitrogens with zero attached hydrogens (tertiary/aromatic N) is 3. The van der Waals surface area contributed by atoms with E-state index in [-0.39, 0.29) is 6.10 Å². The second-order valence-electron chi connectivity index (χ2n) is 3.41. The molecule has 2 heterocycles. The number of nitrogens with two attached hydrogens (primary N) is 1. The minimum atomic E-state index is -1.77. The second kappa shape index (κ2) is 4.84. The molecule has 86 valence electrons. The maximum absolute atomic E-state index is 8.89. The Kier molecular flexibility index (Phi) is 3.46. The van der Waals surface area contributed by atoms with Gasteiger partial charge in [-0.3, -0.25) is 5.50 Å². The normalized spacial score (nSPS) is 18.0. The summed E-state index contributed by atoms with van der Waals surface area (Å²) in [6.45, 7) is 4.98. The average Bonchev–Trinajstić information content (AvgIpc) is 2.22. The number of hydrogen-bond donors (Lipinski definition) is 2. The second-order valence-corrected chi connectivity index (χ2v) is 4.23. The lowest BCUT2D eigenvalue weighted by Crippen LogP contribution is -2.52. The Labute approximate surface area is 94.7 Å². The van der Waals surface area contributed by atoms with E-state index in [4.69, 9.17) is 14.9 Å². The highest BCUT2D eigenvalue weighted by atomic mass is 31.2. The standard InChI is InChI=1S/C9H13N4O2P/c1-2-8-11-4-3-9(12-8)13-5-7(6-13)15-16(10)14/h2-4,7,14H,1,5-6,10H2. The first-order valence-electron chi connectivity index (χ1n) is 4.80. The third-order valence-electron chi connectivity index (χ3n) is 2.27. The van der Waals surface area contributed by atoms with E-state index in [0.29, 0.717) is 18.9 Å². The van der Waals surface area contributed by atoms with Crippen molar-refractivity contribution in [2.75, 3.05) is 18.0 Å². The van der Waals surface area contributed by atoms with Crippen LogP contribution in [0.2, 0.25) is 0 Å². The van der Waals surface area contributed by atoms with Crippen molar-refractivity contribution < 1.29 is 9.42 Å². The van der Waals surface area contributed by atoms with E-state index in [1.807, 2.05) is 11.0 Å². The van der Waals surface area contributed by atoms with E-state index >= 15 is 0 Å². The first kappa shape index (κ1) is 11.4. The van der Waals surface area contributed by atoms with Crippen molar-refractivity contribution >= 4 is 20.4 Å². The van der Waals surface area contributed by atoms with Crippen molar-refractivity contribution in [3.05, 3.63) is 24.7 Å². The Morgan fingerprint density at radius 3 is 3.06 bits per heavy atom. The zero-order chi connectivity index (χ0) is 11.5. The molecular weight excluding hydrogens is 227 g/mol. The fourth-order valence-electron chi connectivity index (χ4n) is 1.48. The molecule has 1 aliphatic heterocycles. The maximum atomic E-state index is 8.89. The third kappa shape index (κ3) is 2.54. The van der Waals surface area contributed by atoms with Crippen molar-refractivity contribution in [1.29, 1.82) is 0 Å². The molecule has 1 atom stereocenters. The minimum absolute atomic E-state index is 0.0109. The predicted molar refractivity (Wildman–Crippen MR) is 62.5 cm³/mol. The number of hydrogen-bond acceptors (Lipinski definition) is 6. The molecular formula is C9H13N4O2P. The van der Waals surface area contributed by atoms with Gasteiger partial charge in [0.15, 0.2) is 5.82 Å². The summed E-state index contributed by atoms with van der Waals surface area (Å²) in [5.74, 6) is 1.44. The van der Waals surface area contributed by atoms with Gasteiger partial charge in [0.05, 0.1) is 0 Å². The van der Waals surface area contributed by atoms with Crippen molar-refractivity contribution in [3.8, 4) is 0 Å². The highest BCUT2D eigenvalue weighted by Crippen LogP contribution is 2.29. The molecule has 0 aliphatic carbocycles. The summed E-state index contributed by atoms with van der Waals surface area (Å²) in [7, 11) is -1.77. The highest BCUT2D eigenvalue weighted by molar-refractivity contribution is 7.43. The lowest BCUT2D eigenvalue weighted by Gasteiger charge is -2.39. The van der Waals surface area contributed by atoms with Crippen molar-refractivity contribution in [2.24, 2.45) is 5.50 Å². The SMILES string of the molecule is C=Cc1nccc(N2CC(OP(N)O)C2)n1. The molecule has 0 bridgehead atoms. The molecule has 0 aromatic carbocycles. The summed E-state index contributed by atoms with van der Waals surface area (Å²) < 4.78 is 5.09. The Hall–Kier alpha value is -1.07. The number of aromatic nitrogens is 2. The first-order chi connectivity index (χ1) is 7.69. The summed E-state index contributed by atoms with van der Waals surface area (Å²) in [6, 6.07) is 1.83. The molecule has 0 saturated carbocycles. The van der Waals surface area contributed by atoms with Crippen LogP contribution in [0.15, 0.2) is 18.8 Å². The molecule has 3 N–H and O–H groups in total. The van der Waals surface area contributed by atoms with Crippen LogP contribution in [0.1, 0.15) is 5.82 Å². The molecule has 16 heavy (non-hydrogen) atoms. The van der Waals surface area contributed by atoms with Crippen LogP contribution in [0.5, 0.6) is 0 Å². The average molecular weight is 240 g/mol. The van der Waals surface area contributed by atoms with E-state index in [0.717, 1.165) is 5.82 Å². The van der Waals surface area contributed by atoms with Gasteiger partial charge in [-0.2, -0.15) is 0 Å². The first-order valence-corrected chi connectivity index (χ1v) is 6.08. The Morgan fingerprint density at radius 1 is 1.69 bits per heavy atom. The fraction of sp³-hybridized carbons (Fsp3) is 0.333. The molecule has 1 aromatic rings. The molecule has 0 spiro atoms. The van der Waals surface area contributed by atoms with Crippen LogP contribution in [0.25, 0.3) is 6.08 Å². The van der Waals surface area contributed by atoms with E-state index in [2.05, 4.69) is 16.5 Å². The zero-order valence-corrected chi connectivity index (χ0v) is 9.55. The van der Waals surface area contributed by atoms with Gasteiger partial charge >= 0.3 is 0 Å². The lowest BCUT2D eigenvalue weighted by molar-refractivity contribution is 0.168. The van der Waals surface area contributed by atoms with Gasteiger partial charge in [-0.15, -0.1) is 0 Å². The Balaban J connectivity index is 1.93. The monoisotopic (exact) mass is 240 g/mol. The fourth-order valence-corrected chi connectivity index (χ4v) is 1.92. The molecule has 2 rings (SSSR count). The minimum Gasteiger partial charge on any atom is -0.351 e. The van der Waals surface area contributed by atoms with E-state index in [9.17, 15) is 0 Å². The van der Waals surface area contributed by atoms with Gasteiger partial charge in [-0.1, -0.05) is 6.58 Å². The van der Waals surface area contributed by atoms with Crippen molar-refractivity contribution in [2.45, 2.75) is 6.10 Å². The number of rotatable bonds is 4. The van der Waals surface area contributed by atoms with Crippen molar-refractivity contribution in [1.82, 2.24) is 9.97 Å². The summed E-state index contributed by atoms with van der Waals surface area (Å²) in [5.41, 5.74) is 5.17. The molecule has 1 aromatic heterocycles. The lowest BCUT2D eigenvalue weighted by atomic mass is 10.2. The molecule has 6 nitrogen and oxygen atoms in total. The van der Waals surface area contributed by atoms with Crippen LogP contribution in [-0.2, 0) is 4.52 Å². The van der Waals surface area contributed by atoms with Gasteiger partial charge in [-0.05, 0) is 12.1 Å². The molecule has 0 radical (unpaired) electrons. The number of anilines is 1. The van der Waals surface area contributed by atoms with Gasteiger partial charge in [0.25, 0.3) is 8.53 Å². The van der Waals surface area contributed by atoms with E-state index < -0.39 is 8.53 Å². The van der Waals surface area contributed by atoms with Crippen LogP contribution in [0.4, 0.5) is 5.82 Å². The maximum Gasteiger partial charge on any atom is 0.250 e. The summed E-state index contributed by atoms with van der Waals surface area (Å²) >= 11 is 0. The van der Waals surface area contributed by atoms with E-state index in [1.54, 1.807) is 12.3 Å². The van der Waals surface area contributed by atoms with Crippen LogP contribution >= 0.6 is 8.53 Å². The molecule has 1 unspecified atom stereocenters. The van der Waals surface area contributed by atoms with Crippen LogP contribution < -0.4 is 10.4 Å². The van der Waals surface area contributed by atoms with Crippen LogP contribution in [0, 0.1) is 0 Å². The topological polar surface area (TPSA) is 84.5 Å². The highest BCUT2D eigenvalue weighted by Gasteiger charge is 2.30. The van der Waals surface area contributed by atoms with Crippen molar-refractivity contribution in [3.63, 3.8) is 0 Å². The van der Waals surface area contributed by atoms with E-state index in [1.165, 1.54) is 0 Å². The molecule has 1 fully saturated rings. The van der Waals surface area contributed by atoms with Gasteiger partial charge in [-0.25, -0.2) is 9.97 Å². The third-order valence-corrected chi connectivity index (χ3v) is 2.79. The van der Waals surface area contributed by atoms with Gasteiger partial charge in [0.2, 0.25) is 0 Å². The quantitative estimate of drug-likeness (QED) is 0.745. The smallest absolute Gasteiger partial charge is 0.250 e. The molecule has 1 aliphatic rings. The Bertz CT molecular complexity index is 382. The predicted octanol–water partition coefficient (Wildman–Crippen LogP) is 0.503. The zero-order valence-electron chi connectivity index (χ0n) is 8.65. The Morgan fingerprint density at radius 2 is 2.44 bits per heavy atom. The molecule has 0 amide bonds. The molecule has 1 saturated heterocycles. The van der Waals surface area contributed by atoms with Crippen LogP contribution in [0.3, 0.4) is 0 Å². The molecule has 7 heteroatoms.